The number of nitrogens with two attached hydrogens (primary N) is 1. The Kier molecular flexibility index (Phi) is 1.35. The van der Waals surface area contributed by atoms with Gasteiger partial charge >= 0.3 is 0 Å². The van der Waals surface area contributed by atoms with E-state index in [0.29, 0.717) is 0 Å². The van der Waals surface area contributed by atoms with Crippen LogP contribution < -0.4 is 5.73 Å². The lowest BCUT2D eigenvalue weighted by molar-refractivity contribution is 0.308. The van der Waals surface area contributed by atoms with E-state index in [1.165, 1.54) is 0 Å². The van der Waals surface area contributed by atoms with Crippen molar-refractivity contribution in [2.45, 2.75) is 0 Å². The maximum Gasteiger partial charge on any atom is 0.198 e. The van der Waals surface area contributed by atoms with Crippen LogP contribution >= 0.6 is 11.6 Å². The molecule has 1 aromatic rings. The fourth-order valence-electron chi connectivity index (χ4n) is 0.348. The molecule has 0 aliphatic rings. The van der Waals surface area contributed by atoms with Crippen LogP contribution in [0.4, 0.5) is 5.82 Å². The van der Waals surface area contributed by atoms with Gasteiger partial charge in [0.05, 0.1) is 0 Å². The molecule has 0 amide bonds. The van der Waals surface area contributed by atoms with Crippen molar-refractivity contribution >= 4 is 22.6 Å². The number of nitrogen functional groups attached to an aromatic ring is 1. The minimum Gasteiger partial charge on any atom is -0.379 e. The number of halogens is 1. The van der Waals surface area contributed by atoms with E-state index in [2.05, 4.69) is 14.9 Å². The Bertz CT molecular complexity index is 231. The molecular weight excluding hydrogens is 144 g/mol. The maximum absolute atomic E-state index is 6.82. The van der Waals surface area contributed by atoms with Crippen molar-refractivity contribution < 1.29 is 4.63 Å². The summed E-state index contributed by atoms with van der Waals surface area (Å²) in [4.78, 5) is 0. The number of rotatable bonds is 1. The molecule has 1 rings (SSSR count). The lowest BCUT2D eigenvalue weighted by Gasteiger charge is -1.82. The van der Waals surface area contributed by atoms with Gasteiger partial charge in [-0.1, -0.05) is 11.6 Å². The Morgan fingerprint density at radius 2 is 2.33 bits per heavy atom. The normalized spacial score (nSPS) is 9.44. The van der Waals surface area contributed by atoms with Gasteiger partial charge in [0.15, 0.2) is 16.7 Å². The molecule has 0 saturated carbocycles. The molecule has 0 atom stereocenters. The smallest absolute Gasteiger partial charge is 0.198 e. The van der Waals surface area contributed by atoms with Crippen molar-refractivity contribution in [1.29, 1.82) is 5.41 Å². The topological polar surface area (TPSA) is 88.8 Å². The molecule has 1 heterocycles. The SMILES string of the molecule is N=C(Cl)c1nonc1N. The summed E-state index contributed by atoms with van der Waals surface area (Å²) in [5.74, 6) is 0.0370. The largest absolute Gasteiger partial charge is 0.379 e. The Morgan fingerprint density at radius 3 is 2.56 bits per heavy atom. The van der Waals surface area contributed by atoms with E-state index in [9.17, 15) is 0 Å². The second-order valence-corrected chi connectivity index (χ2v) is 1.69. The summed E-state index contributed by atoms with van der Waals surface area (Å²) in [5, 5.41) is 13.0. The molecule has 0 aliphatic heterocycles. The van der Waals surface area contributed by atoms with Crippen molar-refractivity contribution in [3.63, 3.8) is 0 Å². The van der Waals surface area contributed by atoms with Crippen LogP contribution in [-0.2, 0) is 0 Å². The van der Waals surface area contributed by atoms with Crippen LogP contribution in [0.1, 0.15) is 5.69 Å². The van der Waals surface area contributed by atoms with Gasteiger partial charge in [-0.2, -0.15) is 0 Å². The summed E-state index contributed by atoms with van der Waals surface area (Å²) in [7, 11) is 0. The zero-order valence-electron chi connectivity index (χ0n) is 4.26. The van der Waals surface area contributed by atoms with Crippen molar-refractivity contribution in [1.82, 2.24) is 10.3 Å². The van der Waals surface area contributed by atoms with Crippen LogP contribution in [-0.4, -0.2) is 15.5 Å². The van der Waals surface area contributed by atoms with Crippen molar-refractivity contribution in [3.8, 4) is 0 Å². The first-order valence-corrected chi connectivity index (χ1v) is 2.42. The summed E-state index contributed by atoms with van der Waals surface area (Å²) in [6.45, 7) is 0. The third-order valence-electron chi connectivity index (χ3n) is 0.722. The first-order chi connectivity index (χ1) is 4.22. The van der Waals surface area contributed by atoms with Crippen LogP contribution in [0.5, 0.6) is 0 Å². The summed E-state index contributed by atoms with van der Waals surface area (Å²) in [5.41, 5.74) is 5.23. The zero-order chi connectivity index (χ0) is 6.85. The van der Waals surface area contributed by atoms with Crippen molar-refractivity contribution in [2.75, 3.05) is 5.73 Å². The summed E-state index contributed by atoms with van der Waals surface area (Å²) >= 11 is 5.19. The Balaban J connectivity index is 3.08. The Labute approximate surface area is 55.3 Å². The number of aromatic nitrogens is 2. The molecule has 0 bridgehead atoms. The number of anilines is 1. The summed E-state index contributed by atoms with van der Waals surface area (Å²) in [6.07, 6.45) is 0. The quantitative estimate of drug-likeness (QED) is 0.555. The highest BCUT2D eigenvalue weighted by molar-refractivity contribution is 6.68. The predicted molar refractivity (Wildman–Crippen MR) is 31.4 cm³/mol. The number of nitrogens with one attached hydrogen (secondary N) is 1. The maximum atomic E-state index is 6.82. The van der Waals surface area contributed by atoms with E-state index < -0.39 is 0 Å². The fraction of sp³-hybridized carbons (Fsp3) is 0. The highest BCUT2D eigenvalue weighted by atomic mass is 35.5. The number of hydrogen-bond donors (Lipinski definition) is 2. The third-order valence-corrected chi connectivity index (χ3v) is 0.901. The third kappa shape index (κ3) is 0.996. The predicted octanol–water partition coefficient (Wildman–Crippen LogP) is 0.216. The molecule has 9 heavy (non-hydrogen) atoms. The van der Waals surface area contributed by atoms with E-state index in [0.717, 1.165) is 0 Å². The van der Waals surface area contributed by atoms with Crippen LogP contribution in [0.3, 0.4) is 0 Å². The van der Waals surface area contributed by atoms with Gasteiger partial charge in [-0.25, -0.2) is 4.63 Å². The fourth-order valence-corrected chi connectivity index (χ4v) is 0.479. The van der Waals surface area contributed by atoms with Gasteiger partial charge < -0.3 is 5.73 Å². The van der Waals surface area contributed by atoms with Gasteiger partial charge in [-0.05, 0) is 10.3 Å². The molecule has 0 unspecified atom stereocenters. The minimum atomic E-state index is -0.270. The average Bonchev–Trinajstić information content (AvgIpc) is 2.13. The number of nitrogens with zero attached hydrogens (tertiary/aromatic N) is 2. The molecule has 0 fully saturated rings. The average molecular weight is 147 g/mol. The Morgan fingerprint density at radius 1 is 1.67 bits per heavy atom. The molecule has 1 aromatic heterocycles. The van der Waals surface area contributed by atoms with Gasteiger partial charge in [-0.3, -0.25) is 5.41 Å². The molecule has 0 radical (unpaired) electrons. The number of hydrogen-bond acceptors (Lipinski definition) is 5. The van der Waals surface area contributed by atoms with Crippen LogP contribution in [0, 0.1) is 5.41 Å². The summed E-state index contributed by atoms with van der Waals surface area (Å²) in [6, 6.07) is 0. The van der Waals surface area contributed by atoms with Gasteiger partial charge in [0.1, 0.15) is 0 Å². The van der Waals surface area contributed by atoms with E-state index in [-0.39, 0.29) is 16.7 Å². The van der Waals surface area contributed by atoms with E-state index in [1.807, 2.05) is 0 Å². The van der Waals surface area contributed by atoms with Gasteiger partial charge in [0, 0.05) is 0 Å². The van der Waals surface area contributed by atoms with E-state index >= 15 is 0 Å². The lowest BCUT2D eigenvalue weighted by Crippen LogP contribution is -1.95. The highest BCUT2D eigenvalue weighted by Gasteiger charge is 2.08. The second kappa shape index (κ2) is 2.02. The minimum absolute atomic E-state index is 0.0370. The standard InChI is InChI=1S/C3H3ClN4O/c4-2(5)1-3(6)8-9-7-1/h5H,(H2,6,8). The van der Waals surface area contributed by atoms with Crippen molar-refractivity contribution in [2.24, 2.45) is 0 Å². The molecule has 5 nitrogen and oxygen atoms in total. The Hall–Kier alpha value is -1.10. The van der Waals surface area contributed by atoms with Gasteiger partial charge in [-0.15, -0.1) is 0 Å². The molecule has 0 spiro atoms. The molecular formula is C3H3ClN4O. The van der Waals surface area contributed by atoms with Crippen LogP contribution in [0.15, 0.2) is 4.63 Å². The van der Waals surface area contributed by atoms with E-state index in [1.54, 1.807) is 0 Å². The first kappa shape index (κ1) is 6.03. The highest BCUT2D eigenvalue weighted by Crippen LogP contribution is 2.06. The first-order valence-electron chi connectivity index (χ1n) is 2.04. The zero-order valence-corrected chi connectivity index (χ0v) is 5.01. The van der Waals surface area contributed by atoms with Gasteiger partial charge in [0.25, 0.3) is 0 Å². The molecule has 48 valence electrons. The van der Waals surface area contributed by atoms with Crippen LogP contribution in [0.2, 0.25) is 0 Å². The second-order valence-electron chi connectivity index (χ2n) is 1.31. The van der Waals surface area contributed by atoms with Gasteiger partial charge in [0.2, 0.25) is 0 Å². The van der Waals surface area contributed by atoms with Crippen molar-refractivity contribution in [3.05, 3.63) is 5.69 Å². The molecule has 3 N–H and O–H groups in total. The monoisotopic (exact) mass is 146 g/mol. The van der Waals surface area contributed by atoms with E-state index in [4.69, 9.17) is 22.7 Å². The summed E-state index contributed by atoms with van der Waals surface area (Å²) < 4.78 is 4.16. The lowest BCUT2D eigenvalue weighted by atomic mass is 10.5. The molecule has 0 aromatic carbocycles. The molecule has 0 saturated heterocycles. The molecule has 0 aliphatic carbocycles. The molecule has 6 heteroatoms. The van der Waals surface area contributed by atoms with Crippen LogP contribution in [0.25, 0.3) is 0 Å².